The minimum Gasteiger partial charge on any atom is -0.444 e. The Labute approximate surface area is 176 Å². The molecule has 1 amide bonds. The number of guanidine groups is 1. The number of likely N-dealkylation sites (N-methyl/N-ethyl adjacent to an activating group) is 1. The lowest BCUT2D eigenvalue weighted by Crippen LogP contribution is -2.55. The summed E-state index contributed by atoms with van der Waals surface area (Å²) in [6.07, 6.45) is 2.19. The number of aliphatic imine (C=N–C) groups is 1. The number of carbonyl (C=O) groups excluding carboxylic acids is 1. The SMILES string of the molecule is CN=C(NCC(C)N(C)C1CC1)NCC(C)(C)NC(=O)OC(C)(C)C.I. The predicted octanol–water partition coefficient (Wildman–Crippen LogP) is 2.56. The van der Waals surface area contributed by atoms with Crippen LogP contribution in [0.3, 0.4) is 0 Å². The van der Waals surface area contributed by atoms with Crippen molar-refractivity contribution in [3.63, 3.8) is 0 Å². The van der Waals surface area contributed by atoms with Crippen LogP contribution in [0.4, 0.5) is 4.79 Å². The summed E-state index contributed by atoms with van der Waals surface area (Å²) in [6.45, 7) is 13.0. The summed E-state index contributed by atoms with van der Waals surface area (Å²) in [5, 5.41) is 9.50. The van der Waals surface area contributed by atoms with Crippen molar-refractivity contribution in [3.8, 4) is 0 Å². The van der Waals surface area contributed by atoms with Gasteiger partial charge in [-0.1, -0.05) is 0 Å². The third kappa shape index (κ3) is 10.4. The fraction of sp³-hybridized carbons (Fsp3) is 0.889. The van der Waals surface area contributed by atoms with E-state index >= 15 is 0 Å². The monoisotopic (exact) mass is 483 g/mol. The fourth-order valence-corrected chi connectivity index (χ4v) is 2.38. The minimum atomic E-state index is -0.505. The van der Waals surface area contributed by atoms with Gasteiger partial charge in [0.2, 0.25) is 0 Å². The molecule has 0 heterocycles. The minimum absolute atomic E-state index is 0. The van der Waals surface area contributed by atoms with E-state index in [9.17, 15) is 4.79 Å². The molecule has 0 aromatic rings. The molecule has 1 unspecified atom stereocenters. The molecule has 1 saturated carbocycles. The summed E-state index contributed by atoms with van der Waals surface area (Å²) < 4.78 is 5.31. The third-order valence-corrected chi connectivity index (χ3v) is 4.14. The largest absolute Gasteiger partial charge is 0.444 e. The van der Waals surface area contributed by atoms with E-state index in [2.05, 4.69) is 39.8 Å². The van der Waals surface area contributed by atoms with E-state index in [1.54, 1.807) is 7.05 Å². The van der Waals surface area contributed by atoms with Crippen molar-refractivity contribution in [2.24, 2.45) is 4.99 Å². The zero-order chi connectivity index (χ0) is 19.3. The number of hydrogen-bond donors (Lipinski definition) is 3. The van der Waals surface area contributed by atoms with Crippen LogP contribution in [0.5, 0.6) is 0 Å². The number of nitrogens with zero attached hydrogens (tertiary/aromatic N) is 2. The van der Waals surface area contributed by atoms with Crippen molar-refractivity contribution in [1.29, 1.82) is 0 Å². The second kappa shape index (κ2) is 10.5. The van der Waals surface area contributed by atoms with Gasteiger partial charge in [-0.25, -0.2) is 4.79 Å². The topological polar surface area (TPSA) is 78.0 Å². The molecule has 8 heteroatoms. The molecular weight excluding hydrogens is 445 g/mol. The van der Waals surface area contributed by atoms with Crippen LogP contribution >= 0.6 is 24.0 Å². The highest BCUT2D eigenvalue weighted by Gasteiger charge is 2.29. The highest BCUT2D eigenvalue weighted by Crippen LogP contribution is 2.26. The van der Waals surface area contributed by atoms with Gasteiger partial charge in [0.1, 0.15) is 5.60 Å². The summed E-state index contributed by atoms with van der Waals surface area (Å²) in [5.74, 6) is 0.732. The van der Waals surface area contributed by atoms with Gasteiger partial charge in [0.05, 0.1) is 5.54 Å². The molecule has 3 N–H and O–H groups in total. The van der Waals surface area contributed by atoms with E-state index in [0.29, 0.717) is 12.6 Å². The van der Waals surface area contributed by atoms with Gasteiger partial charge in [-0.3, -0.25) is 9.89 Å². The van der Waals surface area contributed by atoms with Crippen molar-refractivity contribution in [3.05, 3.63) is 0 Å². The van der Waals surface area contributed by atoms with Crippen LogP contribution in [0, 0.1) is 0 Å². The van der Waals surface area contributed by atoms with Gasteiger partial charge in [0.25, 0.3) is 0 Å². The highest BCUT2D eigenvalue weighted by molar-refractivity contribution is 14.0. The standard InChI is InChI=1S/C18H37N5O2.HI/c1-13(23(8)14-9-10-14)11-20-15(19-7)21-12-18(5,6)22-16(24)25-17(2,3)4;/h13-14H,9-12H2,1-8H3,(H,22,24)(H2,19,20,21);1H. The van der Waals surface area contributed by atoms with Crippen LogP contribution in [0.15, 0.2) is 4.99 Å². The Bertz CT molecular complexity index is 473. The van der Waals surface area contributed by atoms with E-state index in [-0.39, 0.29) is 24.0 Å². The fourth-order valence-electron chi connectivity index (χ4n) is 2.38. The Kier molecular flexibility index (Phi) is 10.2. The number of hydrogen-bond acceptors (Lipinski definition) is 4. The summed E-state index contributed by atoms with van der Waals surface area (Å²) in [6, 6.07) is 1.18. The normalized spacial score (nSPS) is 16.6. The van der Waals surface area contributed by atoms with Crippen LogP contribution < -0.4 is 16.0 Å². The molecule has 0 bridgehead atoms. The molecule has 1 rings (SSSR count). The summed E-state index contributed by atoms with van der Waals surface area (Å²) >= 11 is 0. The van der Waals surface area contributed by atoms with E-state index in [4.69, 9.17) is 4.74 Å². The molecule has 1 fully saturated rings. The molecule has 154 valence electrons. The highest BCUT2D eigenvalue weighted by atomic mass is 127. The molecule has 0 spiro atoms. The first kappa shape index (κ1) is 25.2. The second-order valence-corrected chi connectivity index (χ2v) is 8.56. The molecule has 7 nitrogen and oxygen atoms in total. The van der Waals surface area contributed by atoms with Crippen molar-refractivity contribution in [1.82, 2.24) is 20.9 Å². The average molecular weight is 483 g/mol. The van der Waals surface area contributed by atoms with Gasteiger partial charge < -0.3 is 20.7 Å². The van der Waals surface area contributed by atoms with Crippen LogP contribution in [-0.2, 0) is 4.74 Å². The molecule has 1 atom stereocenters. The molecule has 0 aliphatic heterocycles. The number of rotatable bonds is 7. The molecule has 1 aliphatic rings. The van der Waals surface area contributed by atoms with Gasteiger partial charge in [0.15, 0.2) is 5.96 Å². The van der Waals surface area contributed by atoms with Crippen molar-refractivity contribution in [2.45, 2.75) is 77.6 Å². The molecule has 0 aromatic heterocycles. The Morgan fingerprint density at radius 3 is 2.27 bits per heavy atom. The first-order valence-corrected chi connectivity index (χ1v) is 9.11. The zero-order valence-electron chi connectivity index (χ0n) is 17.6. The van der Waals surface area contributed by atoms with Crippen LogP contribution in [0.25, 0.3) is 0 Å². The van der Waals surface area contributed by atoms with Gasteiger partial charge in [-0.2, -0.15) is 0 Å². The average Bonchev–Trinajstić information content (AvgIpc) is 3.28. The summed E-state index contributed by atoms with van der Waals surface area (Å²) in [5.41, 5.74) is -0.967. The summed E-state index contributed by atoms with van der Waals surface area (Å²) in [7, 11) is 3.92. The van der Waals surface area contributed by atoms with Gasteiger partial charge in [-0.15, -0.1) is 24.0 Å². The Balaban J connectivity index is 0.00000625. The van der Waals surface area contributed by atoms with E-state index in [0.717, 1.165) is 18.5 Å². The number of halogens is 1. The molecule has 0 aromatic carbocycles. The number of ether oxygens (including phenoxy) is 1. The molecule has 0 radical (unpaired) electrons. The quantitative estimate of drug-likeness (QED) is 0.295. The predicted molar refractivity (Wildman–Crippen MR) is 118 cm³/mol. The lowest BCUT2D eigenvalue weighted by molar-refractivity contribution is 0.0474. The Morgan fingerprint density at radius 2 is 1.81 bits per heavy atom. The molecule has 0 saturated heterocycles. The smallest absolute Gasteiger partial charge is 0.408 e. The number of carbonyl (C=O) groups is 1. The van der Waals surface area contributed by atoms with Crippen LogP contribution in [-0.4, -0.2) is 67.4 Å². The van der Waals surface area contributed by atoms with Crippen molar-refractivity contribution < 1.29 is 9.53 Å². The van der Waals surface area contributed by atoms with E-state index in [1.807, 2.05) is 34.6 Å². The maximum Gasteiger partial charge on any atom is 0.408 e. The van der Waals surface area contributed by atoms with Crippen molar-refractivity contribution in [2.75, 3.05) is 27.2 Å². The van der Waals surface area contributed by atoms with Crippen molar-refractivity contribution >= 4 is 36.0 Å². The summed E-state index contributed by atoms with van der Waals surface area (Å²) in [4.78, 5) is 18.6. The van der Waals surface area contributed by atoms with Gasteiger partial charge in [-0.05, 0) is 61.4 Å². The van der Waals surface area contributed by atoms with Crippen LogP contribution in [0.1, 0.15) is 54.4 Å². The Morgan fingerprint density at radius 1 is 1.23 bits per heavy atom. The third-order valence-electron chi connectivity index (χ3n) is 4.14. The van der Waals surface area contributed by atoms with Crippen LogP contribution in [0.2, 0.25) is 0 Å². The maximum atomic E-state index is 11.9. The lowest BCUT2D eigenvalue weighted by Gasteiger charge is -2.30. The second-order valence-electron chi connectivity index (χ2n) is 8.56. The molecule has 26 heavy (non-hydrogen) atoms. The number of alkyl carbamates (subject to hydrolysis) is 1. The lowest BCUT2D eigenvalue weighted by atomic mass is 10.1. The Hall–Kier alpha value is -0.770. The molecular formula is C18H38IN5O2. The van der Waals surface area contributed by atoms with E-state index < -0.39 is 17.2 Å². The first-order valence-electron chi connectivity index (χ1n) is 9.11. The zero-order valence-corrected chi connectivity index (χ0v) is 19.9. The maximum absolute atomic E-state index is 11.9. The first-order chi connectivity index (χ1) is 11.4. The van der Waals surface area contributed by atoms with Gasteiger partial charge in [0, 0.05) is 32.2 Å². The van der Waals surface area contributed by atoms with E-state index in [1.165, 1.54) is 12.8 Å². The number of amides is 1. The number of nitrogens with one attached hydrogen (secondary N) is 3. The molecule has 1 aliphatic carbocycles. The van der Waals surface area contributed by atoms with Gasteiger partial charge >= 0.3 is 6.09 Å².